The van der Waals surface area contributed by atoms with Crippen molar-refractivity contribution >= 4 is 63.1 Å². The first-order valence-electron chi connectivity index (χ1n) is 13.8. The first kappa shape index (κ1) is 28.6. The molecule has 4 aromatic carbocycles. The molecular formula is C35H26N4O4S. The van der Waals surface area contributed by atoms with E-state index in [0.717, 1.165) is 16.7 Å². The van der Waals surface area contributed by atoms with Gasteiger partial charge in [-0.05, 0) is 55.0 Å². The van der Waals surface area contributed by atoms with Crippen LogP contribution in [0.25, 0.3) is 28.2 Å². The molecule has 2 N–H and O–H groups in total. The number of rotatable bonds is 7. The standard InChI is InChI=1S/C35H26N4O4S/c1-22-11-13-23(14-12-22)19-31-33(41)39(26-7-3-2-4-8-26)35(38-31)44-21-32(40)36-25-17-15-24(16-18-25)30-20-28(34(42)43)27-9-5-6-10-29(27)37-30/h2-20H,21H2,1H3,(H,36,40)(H,42,43)/b31-19-. The predicted octanol–water partition coefficient (Wildman–Crippen LogP) is 7.02. The quantitative estimate of drug-likeness (QED) is 0.195. The number of para-hydroxylation sites is 2. The fraction of sp³-hybridized carbons (Fsp3) is 0.0571. The van der Waals surface area contributed by atoms with Crippen molar-refractivity contribution in [2.45, 2.75) is 6.92 Å². The highest BCUT2D eigenvalue weighted by molar-refractivity contribution is 8.14. The smallest absolute Gasteiger partial charge is 0.336 e. The number of amidine groups is 1. The zero-order valence-electron chi connectivity index (χ0n) is 23.6. The van der Waals surface area contributed by atoms with Crippen molar-refractivity contribution in [2.24, 2.45) is 4.99 Å². The molecule has 0 saturated carbocycles. The summed E-state index contributed by atoms with van der Waals surface area (Å²) in [5.74, 6) is -1.52. The van der Waals surface area contributed by atoms with Crippen LogP contribution >= 0.6 is 11.8 Å². The van der Waals surface area contributed by atoms with E-state index in [-0.39, 0.29) is 23.1 Å². The highest BCUT2D eigenvalue weighted by Gasteiger charge is 2.32. The molecule has 0 fully saturated rings. The Morgan fingerprint density at radius 2 is 1.61 bits per heavy atom. The van der Waals surface area contributed by atoms with Gasteiger partial charge in [0.2, 0.25) is 5.91 Å². The first-order valence-corrected chi connectivity index (χ1v) is 14.8. The molecule has 216 valence electrons. The van der Waals surface area contributed by atoms with Crippen molar-refractivity contribution in [3.63, 3.8) is 0 Å². The lowest BCUT2D eigenvalue weighted by molar-refractivity contribution is -0.114. The van der Waals surface area contributed by atoms with E-state index in [1.54, 1.807) is 54.6 Å². The summed E-state index contributed by atoms with van der Waals surface area (Å²) in [5.41, 5.74) is 5.52. The van der Waals surface area contributed by atoms with Gasteiger partial charge in [0.1, 0.15) is 5.70 Å². The van der Waals surface area contributed by atoms with Crippen LogP contribution in [0.15, 0.2) is 120 Å². The summed E-state index contributed by atoms with van der Waals surface area (Å²) < 4.78 is 0. The summed E-state index contributed by atoms with van der Waals surface area (Å²) in [7, 11) is 0. The van der Waals surface area contributed by atoms with E-state index in [4.69, 9.17) is 0 Å². The van der Waals surface area contributed by atoms with E-state index in [2.05, 4.69) is 15.3 Å². The van der Waals surface area contributed by atoms with E-state index in [9.17, 15) is 19.5 Å². The van der Waals surface area contributed by atoms with Crippen LogP contribution < -0.4 is 10.2 Å². The number of carbonyl (C=O) groups excluding carboxylic acids is 2. The second-order valence-electron chi connectivity index (χ2n) is 10.1. The van der Waals surface area contributed by atoms with Gasteiger partial charge in [0.05, 0.1) is 28.2 Å². The van der Waals surface area contributed by atoms with Gasteiger partial charge in [-0.3, -0.25) is 14.5 Å². The first-order chi connectivity index (χ1) is 21.4. The molecule has 0 unspecified atom stereocenters. The number of aromatic nitrogens is 1. The molecule has 6 rings (SSSR count). The zero-order valence-corrected chi connectivity index (χ0v) is 24.4. The Bertz CT molecular complexity index is 1950. The average molecular weight is 599 g/mol. The molecule has 5 aromatic rings. The third kappa shape index (κ3) is 6.13. The average Bonchev–Trinajstić information content (AvgIpc) is 3.35. The number of thioether (sulfide) groups is 1. The second kappa shape index (κ2) is 12.4. The van der Waals surface area contributed by atoms with Gasteiger partial charge in [0, 0.05) is 16.6 Å². The zero-order chi connectivity index (χ0) is 30.6. The van der Waals surface area contributed by atoms with Crippen molar-refractivity contribution in [1.82, 2.24) is 4.98 Å². The number of pyridine rings is 1. The Balaban J connectivity index is 1.17. The summed E-state index contributed by atoms with van der Waals surface area (Å²) in [6, 6.07) is 32.7. The number of anilines is 2. The number of nitrogens with zero attached hydrogens (tertiary/aromatic N) is 3. The van der Waals surface area contributed by atoms with Crippen LogP contribution in [-0.4, -0.2) is 38.8 Å². The molecule has 2 heterocycles. The van der Waals surface area contributed by atoms with Crippen LogP contribution in [0.3, 0.4) is 0 Å². The summed E-state index contributed by atoms with van der Waals surface area (Å²) in [6.07, 6.45) is 1.75. The normalized spacial score (nSPS) is 13.8. The number of carbonyl (C=O) groups is 3. The fourth-order valence-electron chi connectivity index (χ4n) is 4.77. The lowest BCUT2D eigenvalue weighted by atomic mass is 10.0. The highest BCUT2D eigenvalue weighted by atomic mass is 32.2. The Kier molecular flexibility index (Phi) is 8.03. The number of hydrogen-bond acceptors (Lipinski definition) is 6. The van der Waals surface area contributed by atoms with Gasteiger partial charge in [0.15, 0.2) is 5.17 Å². The van der Waals surface area contributed by atoms with E-state index < -0.39 is 5.97 Å². The van der Waals surface area contributed by atoms with E-state index in [1.165, 1.54) is 16.7 Å². The van der Waals surface area contributed by atoms with E-state index in [1.807, 2.05) is 67.6 Å². The number of fused-ring (bicyclic) bond motifs is 1. The summed E-state index contributed by atoms with van der Waals surface area (Å²) in [5, 5.41) is 13.6. The third-order valence-corrected chi connectivity index (χ3v) is 7.91. The SMILES string of the molecule is Cc1ccc(/C=C2\N=C(SCC(=O)Nc3ccc(-c4cc(C(=O)O)c5ccccc5n4)cc3)N(c3ccccc3)C2=O)cc1. The molecule has 2 amide bonds. The summed E-state index contributed by atoms with van der Waals surface area (Å²) >= 11 is 1.18. The second-order valence-corrected chi connectivity index (χ2v) is 11.0. The minimum atomic E-state index is -1.02. The number of aliphatic imine (C=N–C) groups is 1. The van der Waals surface area contributed by atoms with E-state index in [0.29, 0.717) is 38.8 Å². The fourth-order valence-corrected chi connectivity index (χ4v) is 5.58. The monoisotopic (exact) mass is 598 g/mol. The lowest BCUT2D eigenvalue weighted by Crippen LogP contribution is -2.31. The minimum absolute atomic E-state index is 0.0310. The molecule has 0 bridgehead atoms. The lowest BCUT2D eigenvalue weighted by Gasteiger charge is -2.17. The molecule has 0 radical (unpaired) electrons. The number of aryl methyl sites for hydroxylation is 1. The summed E-state index contributed by atoms with van der Waals surface area (Å²) in [4.78, 5) is 48.9. The molecule has 1 aromatic heterocycles. The van der Waals surface area contributed by atoms with Crippen LogP contribution in [0.1, 0.15) is 21.5 Å². The Morgan fingerprint density at radius 1 is 0.909 bits per heavy atom. The maximum absolute atomic E-state index is 13.4. The number of amides is 2. The van der Waals surface area contributed by atoms with Gasteiger partial charge in [-0.15, -0.1) is 0 Å². The largest absolute Gasteiger partial charge is 0.478 e. The van der Waals surface area contributed by atoms with Gasteiger partial charge >= 0.3 is 5.97 Å². The molecule has 1 aliphatic rings. The molecule has 8 nitrogen and oxygen atoms in total. The molecule has 44 heavy (non-hydrogen) atoms. The Morgan fingerprint density at radius 3 is 2.34 bits per heavy atom. The van der Waals surface area contributed by atoms with Crippen LogP contribution in [0.2, 0.25) is 0 Å². The van der Waals surface area contributed by atoms with Gasteiger partial charge in [-0.25, -0.2) is 14.8 Å². The Labute approximate surface area is 257 Å². The maximum Gasteiger partial charge on any atom is 0.336 e. The van der Waals surface area contributed by atoms with Gasteiger partial charge in [-0.1, -0.05) is 90.1 Å². The predicted molar refractivity (Wildman–Crippen MR) is 176 cm³/mol. The highest BCUT2D eigenvalue weighted by Crippen LogP contribution is 2.30. The maximum atomic E-state index is 13.4. The van der Waals surface area contributed by atoms with Gasteiger partial charge in [0.25, 0.3) is 5.91 Å². The van der Waals surface area contributed by atoms with Gasteiger partial charge in [-0.2, -0.15) is 0 Å². The molecule has 0 aliphatic carbocycles. The third-order valence-electron chi connectivity index (χ3n) is 6.97. The van der Waals surface area contributed by atoms with Crippen molar-refractivity contribution < 1.29 is 19.5 Å². The van der Waals surface area contributed by atoms with Crippen molar-refractivity contribution in [2.75, 3.05) is 16.0 Å². The summed E-state index contributed by atoms with van der Waals surface area (Å²) in [6.45, 7) is 2.00. The molecule has 0 saturated heterocycles. The number of carboxylic acid groups (broad SMARTS) is 1. The number of hydrogen-bond donors (Lipinski definition) is 2. The number of carboxylic acids is 1. The number of nitrogens with one attached hydrogen (secondary N) is 1. The van der Waals surface area contributed by atoms with Crippen LogP contribution in [0.5, 0.6) is 0 Å². The molecular weight excluding hydrogens is 572 g/mol. The molecule has 1 aliphatic heterocycles. The van der Waals surface area contributed by atoms with Crippen LogP contribution in [0, 0.1) is 6.92 Å². The van der Waals surface area contributed by atoms with Crippen molar-refractivity contribution in [3.8, 4) is 11.3 Å². The molecule has 0 spiro atoms. The Hall–Kier alpha value is -5.54. The molecule has 0 atom stereocenters. The van der Waals surface area contributed by atoms with E-state index >= 15 is 0 Å². The topological polar surface area (TPSA) is 112 Å². The molecule has 9 heteroatoms. The van der Waals surface area contributed by atoms with Crippen LogP contribution in [-0.2, 0) is 9.59 Å². The van der Waals surface area contributed by atoms with Gasteiger partial charge < -0.3 is 10.4 Å². The van der Waals surface area contributed by atoms with Crippen molar-refractivity contribution in [3.05, 3.63) is 132 Å². The minimum Gasteiger partial charge on any atom is -0.478 e. The van der Waals surface area contributed by atoms with Crippen molar-refractivity contribution in [1.29, 1.82) is 0 Å². The van der Waals surface area contributed by atoms with Crippen LogP contribution in [0.4, 0.5) is 11.4 Å². The number of benzene rings is 4. The number of aromatic carboxylic acids is 1.